The molecule has 0 saturated carbocycles. The van der Waals surface area contributed by atoms with Gasteiger partial charge in [0.2, 0.25) is 0 Å². The van der Waals surface area contributed by atoms with Gasteiger partial charge in [-0.3, -0.25) is 4.79 Å². The molecule has 3 rings (SSSR count). The molecule has 214 valence electrons. The molecule has 0 saturated heterocycles. The van der Waals surface area contributed by atoms with Crippen LogP contribution in [0.25, 0.3) is 0 Å². The molecular weight excluding hydrogens is 542 g/mol. The summed E-state index contributed by atoms with van der Waals surface area (Å²) in [5.74, 6) is -3.02. The number of halogens is 1. The van der Waals surface area contributed by atoms with Gasteiger partial charge in [-0.15, -0.1) is 0 Å². The van der Waals surface area contributed by atoms with Gasteiger partial charge in [-0.2, -0.15) is 0 Å². The van der Waals surface area contributed by atoms with Crippen molar-refractivity contribution in [2.24, 2.45) is 0 Å². The van der Waals surface area contributed by atoms with Crippen molar-refractivity contribution in [2.45, 2.75) is 13.3 Å². The minimum atomic E-state index is -1.26. The zero-order valence-electron chi connectivity index (χ0n) is 22.0. The van der Waals surface area contributed by atoms with Crippen molar-refractivity contribution in [1.29, 1.82) is 0 Å². The van der Waals surface area contributed by atoms with Crippen LogP contribution >= 0.6 is 11.6 Å². The summed E-state index contributed by atoms with van der Waals surface area (Å²) in [5.41, 5.74) is 2.93. The number of rotatable bonds is 12. The summed E-state index contributed by atoms with van der Waals surface area (Å²) < 4.78 is 4.85. The fourth-order valence-corrected chi connectivity index (χ4v) is 3.98. The first-order chi connectivity index (χ1) is 19.2. The maximum atomic E-state index is 13.3. The van der Waals surface area contributed by atoms with E-state index in [0.29, 0.717) is 42.4 Å². The van der Waals surface area contributed by atoms with E-state index in [4.69, 9.17) is 26.6 Å². The quantitative estimate of drug-likeness (QED) is 0.169. The fourth-order valence-electron chi connectivity index (χ4n) is 3.81. The average Bonchev–Trinajstić information content (AvgIpc) is 3.01. The predicted molar refractivity (Wildman–Crippen MR) is 151 cm³/mol. The lowest BCUT2D eigenvalue weighted by Crippen LogP contribution is -2.32. The molecule has 1 amide bonds. The third-order valence-corrected chi connectivity index (χ3v) is 5.65. The Morgan fingerprint density at radius 2 is 1.60 bits per heavy atom. The van der Waals surface area contributed by atoms with Gasteiger partial charge in [-0.25, -0.2) is 14.4 Å². The molecule has 2 aromatic rings. The lowest BCUT2D eigenvalue weighted by Gasteiger charge is -2.27. The van der Waals surface area contributed by atoms with Crippen LogP contribution in [0.4, 0.5) is 17.1 Å². The molecular formula is C28H32ClN3O8. The normalized spacial score (nSPS) is 12.4. The second-order valence-electron chi connectivity index (χ2n) is 8.20. The summed E-state index contributed by atoms with van der Waals surface area (Å²) in [4.78, 5) is 47.4. The molecule has 0 radical (unpaired) electrons. The van der Waals surface area contributed by atoms with Crippen LogP contribution in [0, 0.1) is 0 Å². The summed E-state index contributed by atoms with van der Waals surface area (Å²) >= 11 is 6.28. The van der Waals surface area contributed by atoms with Gasteiger partial charge in [-0.1, -0.05) is 29.8 Å². The Morgan fingerprint density at radius 1 is 0.950 bits per heavy atom. The highest BCUT2D eigenvalue weighted by molar-refractivity contribution is 6.31. The number of carboxylic acid groups (broad SMARTS) is 2. The average molecular weight is 574 g/mol. The van der Waals surface area contributed by atoms with Crippen LogP contribution in [0.5, 0.6) is 0 Å². The van der Waals surface area contributed by atoms with E-state index in [2.05, 4.69) is 10.2 Å². The molecule has 1 heterocycles. The predicted octanol–water partition coefficient (Wildman–Crippen LogP) is 3.24. The summed E-state index contributed by atoms with van der Waals surface area (Å²) in [6.45, 7) is 4.13. The number of nitrogens with zero attached hydrogens (tertiary/aromatic N) is 2. The number of para-hydroxylation sites is 2. The number of amides is 1. The third kappa shape index (κ3) is 9.84. The van der Waals surface area contributed by atoms with Crippen LogP contribution in [-0.2, 0) is 19.1 Å². The van der Waals surface area contributed by atoms with E-state index >= 15 is 0 Å². The number of aliphatic hydroxyl groups excluding tert-OH is 1. The monoisotopic (exact) mass is 573 g/mol. The van der Waals surface area contributed by atoms with Gasteiger partial charge in [0, 0.05) is 42.9 Å². The molecule has 0 aliphatic carbocycles. The fraction of sp³-hybridized carbons (Fsp3) is 0.286. The highest BCUT2D eigenvalue weighted by Crippen LogP contribution is 2.41. The van der Waals surface area contributed by atoms with Crippen molar-refractivity contribution < 1.29 is 39.2 Å². The summed E-state index contributed by atoms with van der Waals surface area (Å²) in [6.07, 6.45) is 5.06. The molecule has 12 heteroatoms. The van der Waals surface area contributed by atoms with E-state index in [9.17, 15) is 24.3 Å². The van der Waals surface area contributed by atoms with E-state index in [1.807, 2.05) is 30.3 Å². The number of benzene rings is 2. The van der Waals surface area contributed by atoms with Crippen molar-refractivity contribution in [3.63, 3.8) is 0 Å². The van der Waals surface area contributed by atoms with Crippen molar-refractivity contribution in [2.75, 3.05) is 49.2 Å². The number of carboxylic acids is 2. The number of carbonyl (C=O) groups excluding carboxylic acids is 2. The van der Waals surface area contributed by atoms with Crippen molar-refractivity contribution >= 4 is 52.5 Å². The van der Waals surface area contributed by atoms with E-state index in [-0.39, 0.29) is 25.0 Å². The molecule has 1 aliphatic rings. The SMILES string of the molecule is CCOC(=O)/C=C/CNCCCN1c2cc(Cl)ccc2C(=O)N(CCO)c2ccccc21.O=C(O)/C=C\C(=O)O. The van der Waals surface area contributed by atoms with E-state index in [1.165, 1.54) is 6.08 Å². The number of hydrogen-bond acceptors (Lipinski definition) is 8. The lowest BCUT2D eigenvalue weighted by molar-refractivity contribution is -0.137. The Labute approximate surface area is 236 Å². The van der Waals surface area contributed by atoms with Gasteiger partial charge < -0.3 is 35.2 Å². The highest BCUT2D eigenvalue weighted by atomic mass is 35.5. The molecule has 4 N–H and O–H groups in total. The van der Waals surface area contributed by atoms with Crippen molar-refractivity contribution in [1.82, 2.24) is 5.32 Å². The van der Waals surface area contributed by atoms with Crippen LogP contribution in [0.15, 0.2) is 66.8 Å². The van der Waals surface area contributed by atoms with Crippen LogP contribution in [-0.4, -0.2) is 78.5 Å². The van der Waals surface area contributed by atoms with Gasteiger partial charge in [-0.05, 0) is 50.2 Å². The number of anilines is 3. The zero-order chi connectivity index (χ0) is 29.5. The van der Waals surface area contributed by atoms with E-state index in [0.717, 1.165) is 30.0 Å². The Bertz CT molecular complexity index is 1230. The highest BCUT2D eigenvalue weighted by Gasteiger charge is 2.30. The molecule has 0 aromatic heterocycles. The number of aliphatic carboxylic acids is 2. The number of hydrogen-bond donors (Lipinski definition) is 4. The minimum absolute atomic E-state index is 0.133. The van der Waals surface area contributed by atoms with Gasteiger partial charge in [0.25, 0.3) is 5.91 Å². The van der Waals surface area contributed by atoms with E-state index in [1.54, 1.807) is 30.0 Å². The Kier molecular flexibility index (Phi) is 13.4. The lowest BCUT2D eigenvalue weighted by atomic mass is 10.1. The maximum absolute atomic E-state index is 13.3. The zero-order valence-corrected chi connectivity index (χ0v) is 22.7. The van der Waals surface area contributed by atoms with Crippen LogP contribution in [0.3, 0.4) is 0 Å². The van der Waals surface area contributed by atoms with Gasteiger partial charge in [0.15, 0.2) is 0 Å². The number of nitrogens with one attached hydrogen (secondary N) is 1. The number of esters is 1. The Hall–Kier alpha value is -4.19. The number of fused-ring (bicyclic) bond motifs is 2. The smallest absolute Gasteiger partial charge is 0.330 e. The standard InChI is InChI=1S/C24H28ClN3O4.C4H4O4/c1-2-32-23(30)9-5-12-26-13-6-14-27-20-7-3-4-8-21(20)28(15-16-29)24(31)19-11-10-18(25)17-22(19)27;5-3(6)1-2-4(7)8/h3-5,7-11,17,26,29H,2,6,12-16H2,1H3;1-2H,(H,5,6)(H,7,8)/b9-5+;2-1-. The third-order valence-electron chi connectivity index (χ3n) is 5.42. The molecule has 2 aromatic carbocycles. The van der Waals surface area contributed by atoms with Crippen molar-refractivity contribution in [3.8, 4) is 0 Å². The largest absolute Gasteiger partial charge is 0.478 e. The Morgan fingerprint density at radius 3 is 2.20 bits per heavy atom. The van der Waals surface area contributed by atoms with Gasteiger partial charge in [0.1, 0.15) is 0 Å². The summed E-state index contributed by atoms with van der Waals surface area (Å²) in [5, 5.41) is 29.0. The minimum Gasteiger partial charge on any atom is -0.478 e. The van der Waals surface area contributed by atoms with Crippen LogP contribution < -0.4 is 15.1 Å². The second kappa shape index (κ2) is 16.7. The molecule has 0 atom stereocenters. The topological polar surface area (TPSA) is 157 Å². The van der Waals surface area contributed by atoms with E-state index < -0.39 is 11.9 Å². The van der Waals surface area contributed by atoms with Crippen molar-refractivity contribution in [3.05, 3.63) is 77.4 Å². The first kappa shape index (κ1) is 32.0. The summed E-state index contributed by atoms with van der Waals surface area (Å²) in [6, 6.07) is 12.9. The number of ether oxygens (including phenoxy) is 1. The summed E-state index contributed by atoms with van der Waals surface area (Å²) in [7, 11) is 0. The number of β-amino-alcohol motifs (C(OH)–C–C–N with tert-alkyl or cyclic N) is 1. The van der Waals surface area contributed by atoms with Gasteiger partial charge in [0.05, 0.1) is 35.8 Å². The number of carbonyl (C=O) groups is 4. The molecule has 0 bridgehead atoms. The Balaban J connectivity index is 0.000000611. The molecule has 0 unspecified atom stereocenters. The molecule has 0 fully saturated rings. The first-order valence-corrected chi connectivity index (χ1v) is 12.8. The maximum Gasteiger partial charge on any atom is 0.330 e. The van der Waals surface area contributed by atoms with Gasteiger partial charge >= 0.3 is 17.9 Å². The van der Waals surface area contributed by atoms with Crippen LogP contribution in [0.1, 0.15) is 23.7 Å². The molecule has 0 spiro atoms. The number of aliphatic hydroxyl groups is 1. The molecule has 1 aliphatic heterocycles. The molecule has 40 heavy (non-hydrogen) atoms. The first-order valence-electron chi connectivity index (χ1n) is 12.5. The second-order valence-corrected chi connectivity index (χ2v) is 8.64. The van der Waals surface area contributed by atoms with Crippen LogP contribution in [0.2, 0.25) is 5.02 Å². The molecule has 11 nitrogen and oxygen atoms in total.